The second-order valence-corrected chi connectivity index (χ2v) is 9.81. The van der Waals surface area contributed by atoms with E-state index >= 15 is 0 Å². The van der Waals surface area contributed by atoms with Gasteiger partial charge >= 0.3 is 0 Å². The fourth-order valence-corrected chi connectivity index (χ4v) is 4.34. The van der Waals surface area contributed by atoms with Gasteiger partial charge < -0.3 is 20.1 Å². The minimum atomic E-state index is -0.300. The van der Waals surface area contributed by atoms with E-state index in [0.717, 1.165) is 16.5 Å². The first-order valence-corrected chi connectivity index (χ1v) is 11.2. The number of carbonyl (C=O) groups excluding carboxylic acids is 1. The second kappa shape index (κ2) is 9.52. The van der Waals surface area contributed by atoms with E-state index in [1.54, 1.807) is 30.0 Å². The molecule has 3 rings (SSSR count). The van der Waals surface area contributed by atoms with Crippen molar-refractivity contribution in [3.8, 4) is 11.5 Å². The largest absolute Gasteiger partial charge is 0.507 e. The van der Waals surface area contributed by atoms with Crippen LogP contribution in [0.15, 0.2) is 70.7 Å². The number of hydrogen-bond acceptors (Lipinski definition) is 5. The summed E-state index contributed by atoms with van der Waals surface area (Å²) < 4.78 is 5.85. The van der Waals surface area contributed by atoms with Crippen molar-refractivity contribution in [2.45, 2.75) is 40.7 Å². The number of phenols is 1. The fraction of sp³-hybridized carbons (Fsp3) is 0.320. The standard InChI is InChI=1S/C25H30N2O3S/c1-17(2)30-20-10-8-9-19(13-20)27-15-18(3)31-23(27)14-25(4,5)16-26-24(29)21-11-6-7-12-22(21)28/h6-15,17,28H,16H2,1-5H3,(H,26,29). The summed E-state index contributed by atoms with van der Waals surface area (Å²) in [4.78, 5) is 15.8. The van der Waals surface area contributed by atoms with Gasteiger partial charge in [-0.1, -0.05) is 43.8 Å². The molecule has 0 spiro atoms. The van der Waals surface area contributed by atoms with Crippen molar-refractivity contribution in [2.24, 2.45) is 5.41 Å². The molecule has 31 heavy (non-hydrogen) atoms. The van der Waals surface area contributed by atoms with Gasteiger partial charge in [0.05, 0.1) is 16.7 Å². The molecule has 0 saturated heterocycles. The molecule has 0 aromatic heterocycles. The highest BCUT2D eigenvalue weighted by molar-refractivity contribution is 8.07. The summed E-state index contributed by atoms with van der Waals surface area (Å²) in [5.41, 5.74) is 1.01. The molecule has 1 aliphatic heterocycles. The number of hydrogen-bond donors (Lipinski definition) is 2. The van der Waals surface area contributed by atoms with Crippen LogP contribution in [0.5, 0.6) is 11.5 Å². The number of rotatable bonds is 7. The van der Waals surface area contributed by atoms with Crippen LogP contribution in [-0.2, 0) is 0 Å². The van der Waals surface area contributed by atoms with Gasteiger partial charge in [-0.05, 0) is 51.1 Å². The fourth-order valence-electron chi connectivity index (χ4n) is 3.22. The molecule has 164 valence electrons. The molecule has 2 N–H and O–H groups in total. The van der Waals surface area contributed by atoms with E-state index in [4.69, 9.17) is 4.74 Å². The molecule has 0 radical (unpaired) electrons. The smallest absolute Gasteiger partial charge is 0.255 e. The topological polar surface area (TPSA) is 61.8 Å². The second-order valence-electron chi connectivity index (χ2n) is 8.55. The number of nitrogens with zero attached hydrogens (tertiary/aromatic N) is 1. The van der Waals surface area contributed by atoms with E-state index in [1.807, 2.05) is 32.0 Å². The van der Waals surface area contributed by atoms with E-state index < -0.39 is 0 Å². The Morgan fingerprint density at radius 1 is 1.23 bits per heavy atom. The number of carbonyl (C=O) groups is 1. The molecule has 5 nitrogen and oxygen atoms in total. The van der Waals surface area contributed by atoms with E-state index in [2.05, 4.69) is 49.3 Å². The van der Waals surface area contributed by atoms with Gasteiger partial charge in [-0.15, -0.1) is 0 Å². The highest BCUT2D eigenvalue weighted by Crippen LogP contribution is 2.41. The molecule has 0 atom stereocenters. The molecule has 6 heteroatoms. The molecule has 1 aliphatic rings. The molecule has 0 fully saturated rings. The van der Waals surface area contributed by atoms with Crippen molar-refractivity contribution in [3.05, 3.63) is 76.3 Å². The van der Waals surface area contributed by atoms with Crippen LogP contribution >= 0.6 is 11.8 Å². The Morgan fingerprint density at radius 2 is 1.97 bits per heavy atom. The van der Waals surface area contributed by atoms with Gasteiger partial charge in [0, 0.05) is 34.8 Å². The molecule has 2 aromatic rings. The highest BCUT2D eigenvalue weighted by Gasteiger charge is 2.25. The molecule has 0 bridgehead atoms. The lowest BCUT2D eigenvalue weighted by molar-refractivity contribution is 0.0940. The van der Waals surface area contributed by atoms with E-state index in [9.17, 15) is 9.90 Å². The molecule has 1 heterocycles. The zero-order valence-corrected chi connectivity index (χ0v) is 19.5. The number of anilines is 1. The molecule has 0 saturated carbocycles. The minimum absolute atomic E-state index is 0.0167. The van der Waals surface area contributed by atoms with Gasteiger partial charge in [0.25, 0.3) is 5.91 Å². The van der Waals surface area contributed by atoms with Crippen molar-refractivity contribution in [3.63, 3.8) is 0 Å². The van der Waals surface area contributed by atoms with Crippen LogP contribution in [0.4, 0.5) is 5.69 Å². The normalized spacial score (nSPS) is 15.4. The number of nitrogens with one attached hydrogen (secondary N) is 1. The Kier molecular flexibility index (Phi) is 7.01. The summed E-state index contributed by atoms with van der Waals surface area (Å²) in [6, 6.07) is 14.6. The number of benzene rings is 2. The van der Waals surface area contributed by atoms with Gasteiger partial charge in [-0.2, -0.15) is 0 Å². The third-order valence-corrected chi connectivity index (χ3v) is 5.60. The summed E-state index contributed by atoms with van der Waals surface area (Å²) in [7, 11) is 0. The average molecular weight is 439 g/mol. The maximum atomic E-state index is 12.5. The summed E-state index contributed by atoms with van der Waals surface area (Å²) >= 11 is 1.70. The lowest BCUT2D eigenvalue weighted by Crippen LogP contribution is -2.33. The van der Waals surface area contributed by atoms with Crippen LogP contribution in [0.25, 0.3) is 0 Å². The highest BCUT2D eigenvalue weighted by atomic mass is 32.2. The lowest BCUT2D eigenvalue weighted by atomic mass is 9.93. The molecule has 2 aromatic carbocycles. The summed E-state index contributed by atoms with van der Waals surface area (Å²) in [5.74, 6) is 0.536. The van der Waals surface area contributed by atoms with Crippen LogP contribution in [0.2, 0.25) is 0 Å². The van der Waals surface area contributed by atoms with Gasteiger partial charge in [0.2, 0.25) is 0 Å². The molecular formula is C25H30N2O3S. The van der Waals surface area contributed by atoms with Crippen LogP contribution in [0, 0.1) is 5.41 Å². The summed E-state index contributed by atoms with van der Waals surface area (Å²) in [5, 5.41) is 13.9. The number of para-hydroxylation sites is 1. The number of ether oxygens (including phenoxy) is 1. The number of amides is 1. The van der Waals surface area contributed by atoms with Crippen molar-refractivity contribution >= 4 is 23.4 Å². The van der Waals surface area contributed by atoms with Gasteiger partial charge in [-0.25, -0.2) is 0 Å². The zero-order valence-electron chi connectivity index (χ0n) is 18.7. The Hall–Kier alpha value is -2.86. The van der Waals surface area contributed by atoms with Crippen molar-refractivity contribution in [1.82, 2.24) is 5.32 Å². The number of allylic oxidation sites excluding steroid dienone is 1. The first-order chi connectivity index (χ1) is 14.6. The van der Waals surface area contributed by atoms with Crippen LogP contribution in [0.3, 0.4) is 0 Å². The predicted octanol–water partition coefficient (Wildman–Crippen LogP) is 5.89. The van der Waals surface area contributed by atoms with Crippen molar-refractivity contribution in [2.75, 3.05) is 11.4 Å². The van der Waals surface area contributed by atoms with E-state index in [1.165, 1.54) is 11.0 Å². The first kappa shape index (κ1) is 22.8. The summed E-state index contributed by atoms with van der Waals surface area (Å²) in [6.07, 6.45) is 4.40. The molecule has 0 aliphatic carbocycles. The Balaban J connectivity index is 1.76. The van der Waals surface area contributed by atoms with Crippen molar-refractivity contribution in [1.29, 1.82) is 0 Å². The quantitative estimate of drug-likeness (QED) is 0.564. The number of aromatic hydroxyl groups is 1. The predicted molar refractivity (Wildman–Crippen MR) is 128 cm³/mol. The lowest BCUT2D eigenvalue weighted by Gasteiger charge is -2.25. The maximum absolute atomic E-state index is 12.5. The van der Waals surface area contributed by atoms with Gasteiger partial charge in [-0.3, -0.25) is 4.79 Å². The van der Waals surface area contributed by atoms with Gasteiger partial charge in [0.15, 0.2) is 0 Å². The average Bonchev–Trinajstić information content (AvgIpc) is 3.05. The monoisotopic (exact) mass is 438 g/mol. The molecule has 0 unspecified atom stereocenters. The van der Waals surface area contributed by atoms with Gasteiger partial charge in [0.1, 0.15) is 11.5 Å². The maximum Gasteiger partial charge on any atom is 0.255 e. The Labute approximate surface area is 188 Å². The van der Waals surface area contributed by atoms with Crippen LogP contribution in [-0.4, -0.2) is 23.7 Å². The third-order valence-electron chi connectivity index (χ3n) is 4.65. The minimum Gasteiger partial charge on any atom is -0.507 e. The Bertz CT molecular complexity index is 1010. The van der Waals surface area contributed by atoms with E-state index in [-0.39, 0.29) is 28.7 Å². The SMILES string of the molecule is CC1=CN(c2cccc(OC(C)C)c2)C(=CC(C)(C)CNC(=O)c2ccccc2O)S1. The first-order valence-electron chi connectivity index (χ1n) is 10.4. The molecular weight excluding hydrogens is 408 g/mol. The zero-order chi connectivity index (χ0) is 22.6. The van der Waals surface area contributed by atoms with Crippen LogP contribution in [0.1, 0.15) is 45.0 Å². The Morgan fingerprint density at radius 3 is 2.68 bits per heavy atom. The van der Waals surface area contributed by atoms with Crippen LogP contribution < -0.4 is 15.0 Å². The number of thioether (sulfide) groups is 1. The van der Waals surface area contributed by atoms with Crippen molar-refractivity contribution < 1.29 is 14.6 Å². The number of phenolic OH excluding ortho intramolecular Hbond substituents is 1. The molecule has 1 amide bonds. The third kappa shape index (κ3) is 6.07. The van der Waals surface area contributed by atoms with E-state index in [0.29, 0.717) is 6.54 Å². The summed E-state index contributed by atoms with van der Waals surface area (Å²) in [6.45, 7) is 10.7.